The lowest BCUT2D eigenvalue weighted by Crippen LogP contribution is -2.32. The molecule has 4 rings (SSSR count). The number of fused-ring (bicyclic) bond motifs is 1. The molecule has 0 fully saturated rings. The van der Waals surface area contributed by atoms with Gasteiger partial charge in [-0.3, -0.25) is 14.8 Å². The Morgan fingerprint density at radius 1 is 1.16 bits per heavy atom. The average molecular weight is 554 g/mol. The Bertz CT molecular complexity index is 1590. The molecule has 12 heteroatoms. The van der Waals surface area contributed by atoms with E-state index in [1.165, 1.54) is 28.9 Å². The molecule has 4 N–H and O–H groups in total. The summed E-state index contributed by atoms with van der Waals surface area (Å²) in [5.41, 5.74) is 5.29. The van der Waals surface area contributed by atoms with Crippen LogP contribution in [0.3, 0.4) is 0 Å². The maximum Gasteiger partial charge on any atom is 0.267 e. The second kappa shape index (κ2) is 11.7. The van der Waals surface area contributed by atoms with Crippen molar-refractivity contribution in [3.8, 4) is 0 Å². The normalized spacial score (nSPS) is 11.9. The quantitative estimate of drug-likeness (QED) is 0.133. The van der Waals surface area contributed by atoms with E-state index >= 15 is 0 Å². The second-order valence-electron chi connectivity index (χ2n) is 8.57. The first-order valence-electron chi connectivity index (χ1n) is 11.7. The van der Waals surface area contributed by atoms with E-state index in [1.54, 1.807) is 31.2 Å². The number of hydrogen-bond acceptors (Lipinski definition) is 7. The predicted octanol–water partition coefficient (Wildman–Crippen LogP) is 3.84. The number of nitrogens with zero attached hydrogens (tertiary/aromatic N) is 2. The van der Waals surface area contributed by atoms with Gasteiger partial charge in [0, 0.05) is 43.2 Å². The number of sulfonamides is 1. The van der Waals surface area contributed by atoms with Gasteiger partial charge in [-0.25, -0.2) is 18.9 Å². The zero-order valence-corrected chi connectivity index (χ0v) is 22.4. The number of carbonyl (C=O) groups excluding carboxylic acids is 2. The Morgan fingerprint density at radius 3 is 2.61 bits per heavy atom. The largest absolute Gasteiger partial charge is 0.361 e. The first-order chi connectivity index (χ1) is 18.2. The summed E-state index contributed by atoms with van der Waals surface area (Å²) in [5, 5.41) is 12.5. The zero-order chi connectivity index (χ0) is 27.3. The van der Waals surface area contributed by atoms with Gasteiger partial charge >= 0.3 is 0 Å². The summed E-state index contributed by atoms with van der Waals surface area (Å²) < 4.78 is 29.2. The number of aryl methyl sites for hydroxylation is 1. The van der Waals surface area contributed by atoms with Gasteiger partial charge in [0.25, 0.3) is 15.9 Å². The Hall–Kier alpha value is -3.84. The molecule has 0 unspecified atom stereocenters. The summed E-state index contributed by atoms with van der Waals surface area (Å²) in [6.07, 6.45) is 5.10. The van der Waals surface area contributed by atoms with E-state index in [0.29, 0.717) is 17.7 Å². The molecule has 4 aromatic rings. The van der Waals surface area contributed by atoms with Crippen LogP contribution in [0.15, 0.2) is 65.0 Å². The Kier molecular flexibility index (Phi) is 8.37. The maximum absolute atomic E-state index is 13.9. The highest BCUT2D eigenvalue weighted by atomic mass is 32.2. The van der Waals surface area contributed by atoms with E-state index in [0.717, 1.165) is 33.4 Å². The summed E-state index contributed by atoms with van der Waals surface area (Å²) in [4.78, 5) is 30.2. The number of thiazole rings is 1. The lowest BCUT2D eigenvalue weighted by molar-refractivity contribution is -0.124. The number of aromatic amines is 1. The van der Waals surface area contributed by atoms with Crippen LogP contribution in [-0.4, -0.2) is 46.3 Å². The average Bonchev–Trinajstić information content (AvgIpc) is 3.48. The Labute approximate surface area is 224 Å². The molecule has 198 valence electrons. The van der Waals surface area contributed by atoms with Crippen LogP contribution in [0.2, 0.25) is 0 Å². The van der Waals surface area contributed by atoms with Gasteiger partial charge in [0.15, 0.2) is 9.34 Å². The molecule has 0 saturated carbocycles. The van der Waals surface area contributed by atoms with E-state index in [-0.39, 0.29) is 28.3 Å². The molecule has 0 aliphatic carbocycles. The topological polar surface area (TPSA) is 144 Å². The SMILES string of the molecule is CC(=O)Nc1nc(C)c(S(=O)(=O)N(CCc2c[nH]c3ccccc23)Cc2ccc(C=CC(=O)NO)cc2)s1. The van der Waals surface area contributed by atoms with Crippen LogP contribution < -0.4 is 10.8 Å². The fourth-order valence-electron chi connectivity index (χ4n) is 3.96. The van der Waals surface area contributed by atoms with Crippen molar-refractivity contribution >= 4 is 55.3 Å². The van der Waals surface area contributed by atoms with Crippen molar-refractivity contribution in [2.75, 3.05) is 11.9 Å². The van der Waals surface area contributed by atoms with Crippen molar-refractivity contribution in [1.29, 1.82) is 0 Å². The number of aromatic nitrogens is 2. The van der Waals surface area contributed by atoms with E-state index in [1.807, 2.05) is 30.5 Å². The van der Waals surface area contributed by atoms with Crippen LogP contribution in [0.5, 0.6) is 0 Å². The van der Waals surface area contributed by atoms with Gasteiger partial charge in [-0.2, -0.15) is 4.31 Å². The molecule has 2 amide bonds. The molecule has 0 bridgehead atoms. The van der Waals surface area contributed by atoms with Gasteiger partial charge in [-0.05, 0) is 42.2 Å². The molecule has 0 aliphatic rings. The number of rotatable bonds is 10. The van der Waals surface area contributed by atoms with Gasteiger partial charge < -0.3 is 10.3 Å². The fraction of sp³-hybridized carbons (Fsp3) is 0.192. The van der Waals surface area contributed by atoms with Crippen LogP contribution in [0.4, 0.5) is 5.13 Å². The van der Waals surface area contributed by atoms with E-state index in [2.05, 4.69) is 15.3 Å². The standard InChI is InChI=1S/C26H27N5O5S2/c1-17-25(37-26(28-17)29-18(2)32)38(35,36)31(14-13-21-15-27-23-6-4-3-5-22(21)23)16-20-9-7-19(8-10-20)11-12-24(33)30-34/h3-12,15,27,34H,13-14,16H2,1-2H3,(H,30,33)(H,28,29,32). The Morgan fingerprint density at radius 2 is 1.89 bits per heavy atom. The lowest BCUT2D eigenvalue weighted by atomic mass is 10.1. The summed E-state index contributed by atoms with van der Waals surface area (Å²) in [5.74, 6) is -0.980. The summed E-state index contributed by atoms with van der Waals surface area (Å²) in [7, 11) is -3.95. The van der Waals surface area contributed by atoms with Crippen LogP contribution in [-0.2, 0) is 32.6 Å². The molecule has 0 radical (unpaired) electrons. The van der Waals surface area contributed by atoms with Crippen molar-refractivity contribution in [2.45, 2.75) is 31.0 Å². The number of hydrogen-bond donors (Lipinski definition) is 4. The molecular formula is C26H27N5O5S2. The summed E-state index contributed by atoms with van der Waals surface area (Å²) in [6.45, 7) is 3.28. The van der Waals surface area contributed by atoms with Crippen molar-refractivity contribution in [1.82, 2.24) is 19.8 Å². The molecule has 38 heavy (non-hydrogen) atoms. The number of H-pyrrole nitrogens is 1. The van der Waals surface area contributed by atoms with E-state index < -0.39 is 15.9 Å². The molecule has 2 heterocycles. The van der Waals surface area contributed by atoms with Crippen molar-refractivity contribution < 1.29 is 23.2 Å². The molecule has 0 spiro atoms. The first-order valence-corrected chi connectivity index (χ1v) is 13.9. The number of anilines is 1. The zero-order valence-electron chi connectivity index (χ0n) is 20.8. The van der Waals surface area contributed by atoms with Crippen LogP contribution in [0, 0.1) is 6.92 Å². The second-order valence-corrected chi connectivity index (χ2v) is 11.7. The number of nitrogens with one attached hydrogen (secondary N) is 3. The highest BCUT2D eigenvalue weighted by Crippen LogP contribution is 2.31. The van der Waals surface area contributed by atoms with Crippen LogP contribution >= 0.6 is 11.3 Å². The third kappa shape index (κ3) is 6.34. The monoisotopic (exact) mass is 553 g/mol. The van der Waals surface area contributed by atoms with E-state index in [4.69, 9.17) is 5.21 Å². The third-order valence-electron chi connectivity index (χ3n) is 5.79. The van der Waals surface area contributed by atoms with Gasteiger partial charge in [0.05, 0.1) is 5.69 Å². The highest BCUT2D eigenvalue weighted by Gasteiger charge is 2.30. The fourth-order valence-corrected chi connectivity index (χ4v) is 6.98. The van der Waals surface area contributed by atoms with Gasteiger partial charge in [0.2, 0.25) is 5.91 Å². The molecule has 0 atom stereocenters. The summed E-state index contributed by atoms with van der Waals surface area (Å²) in [6, 6.07) is 14.9. The van der Waals surface area contributed by atoms with Crippen LogP contribution in [0.1, 0.15) is 29.3 Å². The number of amides is 2. The molecule has 0 aliphatic heterocycles. The minimum Gasteiger partial charge on any atom is -0.361 e. The van der Waals surface area contributed by atoms with Crippen LogP contribution in [0.25, 0.3) is 17.0 Å². The summed E-state index contributed by atoms with van der Waals surface area (Å²) >= 11 is 0.927. The molecule has 0 saturated heterocycles. The van der Waals surface area contributed by atoms with Gasteiger partial charge in [0.1, 0.15) is 0 Å². The Balaban J connectivity index is 1.62. The van der Waals surface area contributed by atoms with Gasteiger partial charge in [-0.15, -0.1) is 0 Å². The molecule has 10 nitrogen and oxygen atoms in total. The predicted molar refractivity (Wildman–Crippen MR) is 146 cm³/mol. The number of carbonyl (C=O) groups is 2. The molecule has 2 aromatic heterocycles. The number of benzene rings is 2. The minimum absolute atomic E-state index is 0.0785. The van der Waals surface area contributed by atoms with Crippen molar-refractivity contribution in [3.05, 3.63) is 83.2 Å². The number of para-hydroxylation sites is 1. The molecule has 2 aromatic carbocycles. The maximum atomic E-state index is 13.9. The van der Waals surface area contributed by atoms with Crippen molar-refractivity contribution in [2.24, 2.45) is 0 Å². The van der Waals surface area contributed by atoms with E-state index in [9.17, 15) is 18.0 Å². The first kappa shape index (κ1) is 27.2. The minimum atomic E-state index is -3.95. The van der Waals surface area contributed by atoms with Gasteiger partial charge in [-0.1, -0.05) is 53.8 Å². The highest BCUT2D eigenvalue weighted by molar-refractivity contribution is 7.91. The third-order valence-corrected chi connectivity index (χ3v) is 9.30. The van der Waals surface area contributed by atoms with Crippen molar-refractivity contribution in [3.63, 3.8) is 0 Å². The molecular weight excluding hydrogens is 526 g/mol. The lowest BCUT2D eigenvalue weighted by Gasteiger charge is -2.22. The smallest absolute Gasteiger partial charge is 0.267 e. The number of hydroxylamine groups is 1.